The van der Waals surface area contributed by atoms with E-state index in [9.17, 15) is 19.3 Å². The zero-order valence-electron chi connectivity index (χ0n) is 12.8. The minimum atomic E-state index is -0.628. The Morgan fingerprint density at radius 3 is 2.67 bits per heavy atom. The third-order valence-corrected chi connectivity index (χ3v) is 3.12. The Balaban J connectivity index is 1.92. The lowest BCUT2D eigenvalue weighted by molar-refractivity contribution is -0.385. The zero-order chi connectivity index (χ0) is 17.5. The van der Waals surface area contributed by atoms with E-state index in [1.165, 1.54) is 31.4 Å². The van der Waals surface area contributed by atoms with Crippen molar-refractivity contribution >= 4 is 11.6 Å². The van der Waals surface area contributed by atoms with Gasteiger partial charge < -0.3 is 14.8 Å². The van der Waals surface area contributed by atoms with Crippen LogP contribution in [0.1, 0.15) is 10.4 Å². The summed E-state index contributed by atoms with van der Waals surface area (Å²) in [5, 5.41) is 13.5. The Morgan fingerprint density at radius 1 is 1.25 bits per heavy atom. The quantitative estimate of drug-likeness (QED) is 0.477. The van der Waals surface area contributed by atoms with Crippen molar-refractivity contribution in [3.8, 4) is 11.5 Å². The molecule has 7 nitrogen and oxygen atoms in total. The van der Waals surface area contributed by atoms with Gasteiger partial charge >= 0.3 is 5.69 Å². The van der Waals surface area contributed by atoms with Crippen molar-refractivity contribution in [1.82, 2.24) is 5.32 Å². The van der Waals surface area contributed by atoms with Crippen molar-refractivity contribution in [3.05, 3.63) is 64.0 Å². The molecule has 1 amide bonds. The number of nitrogens with one attached hydrogen (secondary N) is 1. The first-order valence-electron chi connectivity index (χ1n) is 7.01. The SMILES string of the molecule is COc1ccc(C(=O)NCCOc2ccccc2F)cc1[N+](=O)[O-]. The normalized spacial score (nSPS) is 10.1. The third-order valence-electron chi connectivity index (χ3n) is 3.12. The number of ether oxygens (including phenoxy) is 2. The van der Waals surface area contributed by atoms with E-state index >= 15 is 0 Å². The minimum absolute atomic E-state index is 0.0604. The molecule has 0 saturated carbocycles. The highest BCUT2D eigenvalue weighted by atomic mass is 19.1. The average Bonchev–Trinajstić information content (AvgIpc) is 2.59. The van der Waals surface area contributed by atoms with E-state index in [1.54, 1.807) is 12.1 Å². The van der Waals surface area contributed by atoms with Crippen LogP contribution in [0.3, 0.4) is 0 Å². The van der Waals surface area contributed by atoms with Gasteiger partial charge in [-0.05, 0) is 24.3 Å². The number of nitro benzene ring substituents is 1. The van der Waals surface area contributed by atoms with Crippen LogP contribution >= 0.6 is 0 Å². The molecule has 0 fully saturated rings. The second-order valence-corrected chi connectivity index (χ2v) is 4.68. The van der Waals surface area contributed by atoms with Crippen molar-refractivity contribution in [3.63, 3.8) is 0 Å². The first-order chi connectivity index (χ1) is 11.5. The molecular weight excluding hydrogens is 319 g/mol. The molecule has 0 bridgehead atoms. The summed E-state index contributed by atoms with van der Waals surface area (Å²) in [6.45, 7) is 0.178. The van der Waals surface area contributed by atoms with E-state index in [-0.39, 0.29) is 35.9 Å². The maximum absolute atomic E-state index is 13.3. The highest BCUT2D eigenvalue weighted by molar-refractivity contribution is 5.95. The van der Waals surface area contributed by atoms with Gasteiger partial charge in [-0.1, -0.05) is 12.1 Å². The Labute approximate surface area is 137 Å². The van der Waals surface area contributed by atoms with Gasteiger partial charge in [-0.2, -0.15) is 0 Å². The van der Waals surface area contributed by atoms with Gasteiger partial charge in [-0.15, -0.1) is 0 Å². The Hall–Kier alpha value is -3.16. The Bertz CT molecular complexity index is 751. The van der Waals surface area contributed by atoms with Gasteiger partial charge in [-0.25, -0.2) is 4.39 Å². The van der Waals surface area contributed by atoms with Crippen molar-refractivity contribution in [1.29, 1.82) is 0 Å². The number of halogens is 1. The molecule has 0 saturated heterocycles. The Morgan fingerprint density at radius 2 is 2.00 bits per heavy atom. The number of hydrogen-bond donors (Lipinski definition) is 1. The molecule has 0 radical (unpaired) electrons. The maximum atomic E-state index is 13.3. The summed E-state index contributed by atoms with van der Waals surface area (Å²) < 4.78 is 23.4. The van der Waals surface area contributed by atoms with Crippen molar-refractivity contribution in [2.24, 2.45) is 0 Å². The Kier molecular flexibility index (Phi) is 5.67. The highest BCUT2D eigenvalue weighted by Gasteiger charge is 2.18. The van der Waals surface area contributed by atoms with Crippen LogP contribution in [0.25, 0.3) is 0 Å². The van der Waals surface area contributed by atoms with Crippen LogP contribution in [-0.4, -0.2) is 31.1 Å². The van der Waals surface area contributed by atoms with Crippen molar-refractivity contribution < 1.29 is 23.6 Å². The van der Waals surface area contributed by atoms with Crippen LogP contribution in [-0.2, 0) is 0 Å². The largest absolute Gasteiger partial charge is 0.490 e. The molecule has 0 aliphatic carbocycles. The van der Waals surface area contributed by atoms with Gasteiger partial charge in [0.2, 0.25) is 0 Å². The minimum Gasteiger partial charge on any atom is -0.490 e. The van der Waals surface area contributed by atoms with E-state index in [1.807, 2.05) is 0 Å². The van der Waals surface area contributed by atoms with Crippen LogP contribution in [0, 0.1) is 15.9 Å². The molecule has 2 aromatic carbocycles. The fraction of sp³-hybridized carbons (Fsp3) is 0.188. The molecule has 0 heterocycles. The number of para-hydroxylation sites is 1. The van der Waals surface area contributed by atoms with Gasteiger partial charge in [0.1, 0.15) is 6.61 Å². The molecule has 8 heteroatoms. The first-order valence-corrected chi connectivity index (χ1v) is 7.01. The molecule has 0 spiro atoms. The molecule has 0 aliphatic rings. The van der Waals surface area contributed by atoms with Crippen LogP contribution in [0.4, 0.5) is 10.1 Å². The fourth-order valence-electron chi connectivity index (χ4n) is 1.96. The topological polar surface area (TPSA) is 90.7 Å². The lowest BCUT2D eigenvalue weighted by Crippen LogP contribution is -2.28. The lowest BCUT2D eigenvalue weighted by Gasteiger charge is -2.09. The summed E-state index contributed by atoms with van der Waals surface area (Å²) in [5.74, 6) is -0.834. The van der Waals surface area contributed by atoms with Crippen LogP contribution in [0.15, 0.2) is 42.5 Å². The monoisotopic (exact) mass is 334 g/mol. The molecule has 0 aromatic heterocycles. The van der Waals surface area contributed by atoms with Crippen molar-refractivity contribution in [2.75, 3.05) is 20.3 Å². The number of methoxy groups -OCH3 is 1. The summed E-state index contributed by atoms with van der Waals surface area (Å²) >= 11 is 0. The van der Waals surface area contributed by atoms with E-state index in [2.05, 4.69) is 5.32 Å². The summed E-state index contributed by atoms with van der Waals surface area (Å²) in [4.78, 5) is 22.3. The highest BCUT2D eigenvalue weighted by Crippen LogP contribution is 2.27. The first kappa shape index (κ1) is 17.2. The standard InChI is InChI=1S/C16H15FN2O5/c1-23-15-7-6-11(10-13(15)19(21)22)16(20)18-8-9-24-14-5-3-2-4-12(14)17/h2-7,10H,8-9H2,1H3,(H,18,20). The summed E-state index contributed by atoms with van der Waals surface area (Å²) in [6, 6.07) is 9.82. The van der Waals surface area contributed by atoms with Crippen LogP contribution in [0.5, 0.6) is 11.5 Å². The summed E-state index contributed by atoms with van der Waals surface area (Å²) in [5.41, 5.74) is -0.179. The predicted molar refractivity (Wildman–Crippen MR) is 83.9 cm³/mol. The second-order valence-electron chi connectivity index (χ2n) is 4.68. The molecule has 2 aromatic rings. The third kappa shape index (κ3) is 4.19. The van der Waals surface area contributed by atoms with Gasteiger partial charge in [0, 0.05) is 11.6 Å². The van der Waals surface area contributed by atoms with E-state index in [4.69, 9.17) is 9.47 Å². The predicted octanol–water partition coefficient (Wildman–Crippen LogP) is 2.55. The molecule has 1 N–H and O–H groups in total. The molecule has 2 rings (SSSR count). The van der Waals surface area contributed by atoms with Crippen LogP contribution < -0.4 is 14.8 Å². The van der Waals surface area contributed by atoms with Crippen molar-refractivity contribution in [2.45, 2.75) is 0 Å². The number of amides is 1. The molecule has 0 unspecified atom stereocenters. The number of nitrogens with zero attached hydrogens (tertiary/aromatic N) is 1. The summed E-state index contributed by atoms with van der Waals surface area (Å²) in [6.07, 6.45) is 0. The number of carbonyl (C=O) groups excluding carboxylic acids is 1. The molecule has 24 heavy (non-hydrogen) atoms. The van der Waals surface area contributed by atoms with E-state index < -0.39 is 16.6 Å². The smallest absolute Gasteiger partial charge is 0.311 e. The number of nitro groups is 1. The molecule has 126 valence electrons. The van der Waals surface area contributed by atoms with Crippen LogP contribution in [0.2, 0.25) is 0 Å². The van der Waals surface area contributed by atoms with Gasteiger partial charge in [-0.3, -0.25) is 14.9 Å². The zero-order valence-corrected chi connectivity index (χ0v) is 12.8. The summed E-state index contributed by atoms with van der Waals surface area (Å²) in [7, 11) is 1.31. The maximum Gasteiger partial charge on any atom is 0.311 e. The number of rotatable bonds is 7. The number of carbonyl (C=O) groups is 1. The van der Waals surface area contributed by atoms with Gasteiger partial charge in [0.05, 0.1) is 18.6 Å². The molecular formula is C16H15FN2O5. The fourth-order valence-corrected chi connectivity index (χ4v) is 1.96. The van der Waals surface area contributed by atoms with Gasteiger partial charge in [0.25, 0.3) is 5.91 Å². The molecule has 0 aliphatic heterocycles. The number of hydrogen-bond acceptors (Lipinski definition) is 5. The molecule has 0 atom stereocenters. The number of benzene rings is 2. The lowest BCUT2D eigenvalue weighted by atomic mass is 10.1. The average molecular weight is 334 g/mol. The van der Waals surface area contributed by atoms with Gasteiger partial charge in [0.15, 0.2) is 17.3 Å². The van der Waals surface area contributed by atoms with E-state index in [0.717, 1.165) is 6.07 Å². The van der Waals surface area contributed by atoms with E-state index in [0.29, 0.717) is 0 Å². The second kappa shape index (κ2) is 7.91.